The molecule has 0 bridgehead atoms. The lowest BCUT2D eigenvalue weighted by Gasteiger charge is -2.29. The van der Waals surface area contributed by atoms with E-state index >= 15 is 0 Å². The normalized spacial score (nSPS) is 25.9. The van der Waals surface area contributed by atoms with Gasteiger partial charge in [0.05, 0.1) is 18.7 Å². The van der Waals surface area contributed by atoms with Crippen LogP contribution in [-0.4, -0.2) is 30.3 Å². The maximum atomic E-state index is 10.5. The molecule has 0 aromatic heterocycles. The average molecular weight is 152 g/mol. The van der Waals surface area contributed by atoms with Gasteiger partial charge in [0.25, 0.3) is 0 Å². The molecule has 1 aliphatic heterocycles. The third kappa shape index (κ3) is 2.02. The van der Waals surface area contributed by atoms with Crippen LogP contribution in [0.1, 0.15) is 19.3 Å². The minimum absolute atomic E-state index is 0.00315. The fourth-order valence-electron chi connectivity index (χ4n) is 1.46. The first-order valence-electron chi connectivity index (χ1n) is 3.95. The third-order valence-corrected chi connectivity index (χ3v) is 2.10. The first-order valence-corrected chi connectivity index (χ1v) is 3.95. The van der Waals surface area contributed by atoms with Crippen LogP contribution in [0.15, 0.2) is 0 Å². The summed E-state index contributed by atoms with van der Waals surface area (Å²) < 4.78 is 0. The lowest BCUT2D eigenvalue weighted by molar-refractivity contribution is -0.113. The molecule has 60 valence electrons. The average Bonchev–Trinajstić information content (AvgIpc) is 2.06. The molecule has 3 nitrogen and oxygen atoms in total. The molecule has 1 rings (SSSR count). The molecule has 0 N–H and O–H groups in total. The minimum atomic E-state index is 0.00315. The van der Waals surface area contributed by atoms with Crippen LogP contribution in [0, 0.1) is 11.3 Å². The predicted molar refractivity (Wildman–Crippen MR) is 40.9 cm³/mol. The molecule has 1 aliphatic rings. The van der Waals surface area contributed by atoms with E-state index in [1.165, 1.54) is 0 Å². The molecule has 0 aliphatic carbocycles. The molecule has 1 fully saturated rings. The molecule has 0 radical (unpaired) electrons. The Morgan fingerprint density at radius 2 is 2.45 bits per heavy atom. The second kappa shape index (κ2) is 4.09. The van der Waals surface area contributed by atoms with Crippen LogP contribution in [-0.2, 0) is 4.79 Å². The van der Waals surface area contributed by atoms with Crippen molar-refractivity contribution in [2.45, 2.75) is 25.3 Å². The van der Waals surface area contributed by atoms with Gasteiger partial charge in [0.15, 0.2) is 0 Å². The van der Waals surface area contributed by atoms with Crippen LogP contribution in [0.4, 0.5) is 0 Å². The van der Waals surface area contributed by atoms with Gasteiger partial charge in [0.2, 0.25) is 0 Å². The Hall–Kier alpha value is -0.880. The Labute approximate surface area is 66.6 Å². The monoisotopic (exact) mass is 152 g/mol. The zero-order valence-electron chi connectivity index (χ0n) is 6.49. The summed E-state index contributed by atoms with van der Waals surface area (Å²) in [5.74, 6) is 0. The summed E-state index contributed by atoms with van der Waals surface area (Å²) in [4.78, 5) is 12.4. The number of aldehydes is 1. The highest BCUT2D eigenvalue weighted by Gasteiger charge is 2.20. The van der Waals surface area contributed by atoms with Crippen LogP contribution in [0.3, 0.4) is 0 Å². The Bertz CT molecular complexity index is 173. The van der Waals surface area contributed by atoms with Gasteiger partial charge in [-0.3, -0.25) is 4.90 Å². The molecule has 1 saturated heterocycles. The lowest BCUT2D eigenvalue weighted by atomic mass is 10.0. The topological polar surface area (TPSA) is 44.1 Å². The van der Waals surface area contributed by atoms with Gasteiger partial charge < -0.3 is 4.79 Å². The van der Waals surface area contributed by atoms with Crippen molar-refractivity contribution < 1.29 is 4.79 Å². The van der Waals surface area contributed by atoms with E-state index in [-0.39, 0.29) is 6.04 Å². The summed E-state index contributed by atoms with van der Waals surface area (Å²) in [6.45, 7) is 1.29. The maximum absolute atomic E-state index is 10.5. The van der Waals surface area contributed by atoms with Crippen molar-refractivity contribution in [2.75, 3.05) is 13.1 Å². The molecule has 0 amide bonds. The van der Waals surface area contributed by atoms with Gasteiger partial charge >= 0.3 is 0 Å². The highest BCUT2D eigenvalue weighted by atomic mass is 16.1. The van der Waals surface area contributed by atoms with E-state index in [9.17, 15) is 4.79 Å². The van der Waals surface area contributed by atoms with Gasteiger partial charge in [-0.15, -0.1) is 0 Å². The van der Waals surface area contributed by atoms with Crippen molar-refractivity contribution in [1.29, 1.82) is 5.26 Å². The third-order valence-electron chi connectivity index (χ3n) is 2.10. The Balaban J connectivity index is 2.45. The van der Waals surface area contributed by atoms with E-state index in [0.717, 1.165) is 32.1 Å². The number of carbonyl (C=O) groups excluding carboxylic acids is 1. The molecule has 1 heterocycles. The molecule has 1 atom stereocenters. The van der Waals surface area contributed by atoms with Gasteiger partial charge in [0, 0.05) is 0 Å². The van der Waals surface area contributed by atoms with E-state index in [0.29, 0.717) is 6.54 Å². The van der Waals surface area contributed by atoms with Gasteiger partial charge in [-0.1, -0.05) is 6.42 Å². The summed E-state index contributed by atoms with van der Waals surface area (Å²) in [5.41, 5.74) is 0. The van der Waals surface area contributed by atoms with Crippen molar-refractivity contribution in [2.24, 2.45) is 0 Å². The van der Waals surface area contributed by atoms with Gasteiger partial charge in [0.1, 0.15) is 6.29 Å². The van der Waals surface area contributed by atoms with Crippen molar-refractivity contribution >= 4 is 6.29 Å². The zero-order chi connectivity index (χ0) is 8.10. The second-order valence-electron chi connectivity index (χ2n) is 2.83. The number of nitriles is 1. The van der Waals surface area contributed by atoms with Crippen molar-refractivity contribution in [3.63, 3.8) is 0 Å². The molecule has 0 aromatic rings. The van der Waals surface area contributed by atoms with Crippen molar-refractivity contribution in [3.05, 3.63) is 0 Å². The first kappa shape index (κ1) is 8.22. The largest absolute Gasteiger partial charge is 0.302 e. The van der Waals surface area contributed by atoms with Gasteiger partial charge in [-0.2, -0.15) is 5.26 Å². The van der Waals surface area contributed by atoms with E-state index in [2.05, 4.69) is 6.07 Å². The summed E-state index contributed by atoms with van der Waals surface area (Å²) >= 11 is 0. The highest BCUT2D eigenvalue weighted by molar-refractivity contribution is 5.57. The van der Waals surface area contributed by atoms with Crippen LogP contribution >= 0.6 is 0 Å². The minimum Gasteiger partial charge on any atom is -0.302 e. The molecular formula is C8H12N2O. The van der Waals surface area contributed by atoms with Crippen LogP contribution < -0.4 is 0 Å². The molecule has 3 heteroatoms. The smallest absolute Gasteiger partial charge is 0.137 e. The number of hydrogen-bond donors (Lipinski definition) is 0. The number of likely N-dealkylation sites (tertiary alicyclic amines) is 1. The summed E-state index contributed by atoms with van der Waals surface area (Å²) in [6, 6.07) is 2.07. The summed E-state index contributed by atoms with van der Waals surface area (Å²) in [7, 11) is 0. The number of carbonyl (C=O) groups is 1. The lowest BCUT2D eigenvalue weighted by Crippen LogP contribution is -2.40. The Kier molecular flexibility index (Phi) is 3.06. The quantitative estimate of drug-likeness (QED) is 0.429. The molecular weight excluding hydrogens is 140 g/mol. The zero-order valence-corrected chi connectivity index (χ0v) is 6.49. The standard InChI is InChI=1S/C8H12N2O/c9-4-6-10-5-2-1-3-8(10)7-11/h7-8H,1-3,5-6H2. The number of rotatable bonds is 2. The van der Waals surface area contributed by atoms with Crippen LogP contribution in [0.25, 0.3) is 0 Å². The van der Waals surface area contributed by atoms with Crippen LogP contribution in [0.5, 0.6) is 0 Å². The van der Waals surface area contributed by atoms with Crippen LogP contribution in [0.2, 0.25) is 0 Å². The molecule has 0 spiro atoms. The molecule has 11 heavy (non-hydrogen) atoms. The Morgan fingerprint density at radius 3 is 3.09 bits per heavy atom. The first-order chi connectivity index (χ1) is 5.38. The van der Waals surface area contributed by atoms with Gasteiger partial charge in [-0.25, -0.2) is 0 Å². The van der Waals surface area contributed by atoms with Crippen molar-refractivity contribution in [3.8, 4) is 6.07 Å². The van der Waals surface area contributed by atoms with E-state index in [1.54, 1.807) is 0 Å². The number of nitrogens with zero attached hydrogens (tertiary/aromatic N) is 2. The fraction of sp³-hybridized carbons (Fsp3) is 0.750. The highest BCUT2D eigenvalue weighted by Crippen LogP contribution is 2.14. The number of hydrogen-bond acceptors (Lipinski definition) is 3. The van der Waals surface area contributed by atoms with E-state index in [1.807, 2.05) is 4.90 Å². The summed E-state index contributed by atoms with van der Waals surface area (Å²) in [6.07, 6.45) is 4.11. The second-order valence-corrected chi connectivity index (χ2v) is 2.83. The predicted octanol–water partition coefficient (Wildman–Crippen LogP) is 0.563. The van der Waals surface area contributed by atoms with E-state index in [4.69, 9.17) is 5.26 Å². The molecule has 0 aromatic carbocycles. The van der Waals surface area contributed by atoms with Crippen molar-refractivity contribution in [1.82, 2.24) is 4.90 Å². The maximum Gasteiger partial charge on any atom is 0.137 e. The SMILES string of the molecule is N#CCN1CCCCC1C=O. The molecule has 0 saturated carbocycles. The molecule has 1 unspecified atom stereocenters. The van der Waals surface area contributed by atoms with Gasteiger partial charge in [-0.05, 0) is 19.4 Å². The fourth-order valence-corrected chi connectivity index (χ4v) is 1.46. The number of piperidine rings is 1. The Morgan fingerprint density at radius 1 is 1.64 bits per heavy atom. The summed E-state index contributed by atoms with van der Waals surface area (Å²) in [5, 5.41) is 8.42. The van der Waals surface area contributed by atoms with E-state index < -0.39 is 0 Å².